The van der Waals surface area contributed by atoms with Gasteiger partial charge in [-0.15, -0.1) is 0 Å². The number of anilines is 3. The zero-order chi connectivity index (χ0) is 13.5. The van der Waals surface area contributed by atoms with Gasteiger partial charge in [-0.2, -0.15) is 5.26 Å². The van der Waals surface area contributed by atoms with Crippen molar-refractivity contribution >= 4 is 17.2 Å². The molecule has 0 spiro atoms. The van der Waals surface area contributed by atoms with Crippen LogP contribution in [0.4, 0.5) is 17.2 Å². The number of hydrogen-bond acceptors (Lipinski definition) is 4. The van der Waals surface area contributed by atoms with Crippen LogP contribution in [0.5, 0.6) is 0 Å². The highest BCUT2D eigenvalue weighted by Crippen LogP contribution is 2.18. The van der Waals surface area contributed by atoms with Crippen LogP contribution < -0.4 is 10.6 Å². The quantitative estimate of drug-likeness (QED) is 0.854. The smallest absolute Gasteiger partial charge is 0.127 e. The Morgan fingerprint density at radius 1 is 1.16 bits per heavy atom. The number of hydrogen-bond donors (Lipinski definition) is 2. The van der Waals surface area contributed by atoms with Crippen molar-refractivity contribution in [2.24, 2.45) is 0 Å². The lowest BCUT2D eigenvalue weighted by molar-refractivity contribution is 0.969. The summed E-state index contributed by atoms with van der Waals surface area (Å²) in [4.78, 5) is 4.25. The third-order valence-electron chi connectivity index (χ3n) is 2.62. The number of rotatable bonds is 5. The monoisotopic (exact) mass is 252 g/mol. The zero-order valence-corrected chi connectivity index (χ0v) is 10.9. The summed E-state index contributed by atoms with van der Waals surface area (Å²) < 4.78 is 0. The summed E-state index contributed by atoms with van der Waals surface area (Å²) in [5.41, 5.74) is 2.58. The first-order valence-electron chi connectivity index (χ1n) is 6.29. The van der Waals surface area contributed by atoms with Crippen LogP contribution in [0.15, 0.2) is 42.6 Å². The Labute approximate surface area is 113 Å². The SMILES string of the molecule is CCCNc1cc(Nc2ccc(C#N)cc2)ccn1. The fourth-order valence-electron chi connectivity index (χ4n) is 1.65. The molecule has 2 rings (SSSR count). The van der Waals surface area contributed by atoms with Crippen LogP contribution >= 0.6 is 0 Å². The zero-order valence-electron chi connectivity index (χ0n) is 10.9. The number of nitrogens with zero attached hydrogens (tertiary/aromatic N) is 2. The molecule has 0 unspecified atom stereocenters. The first-order chi connectivity index (χ1) is 9.31. The van der Waals surface area contributed by atoms with E-state index >= 15 is 0 Å². The summed E-state index contributed by atoms with van der Waals surface area (Å²) >= 11 is 0. The van der Waals surface area contributed by atoms with Gasteiger partial charge in [0.1, 0.15) is 5.82 Å². The highest BCUT2D eigenvalue weighted by molar-refractivity contribution is 5.63. The third-order valence-corrected chi connectivity index (χ3v) is 2.62. The molecule has 0 aliphatic carbocycles. The molecule has 0 aliphatic heterocycles. The average molecular weight is 252 g/mol. The van der Waals surface area contributed by atoms with Gasteiger partial charge in [0.05, 0.1) is 11.6 Å². The molecule has 4 nitrogen and oxygen atoms in total. The maximum absolute atomic E-state index is 8.75. The van der Waals surface area contributed by atoms with Crippen LogP contribution in [0.1, 0.15) is 18.9 Å². The second-order valence-corrected chi connectivity index (χ2v) is 4.17. The molecule has 2 aromatic rings. The molecule has 0 aliphatic rings. The molecular formula is C15H16N4. The molecule has 1 aromatic heterocycles. The van der Waals surface area contributed by atoms with Gasteiger partial charge >= 0.3 is 0 Å². The Bertz CT molecular complexity index is 569. The van der Waals surface area contributed by atoms with Crippen LogP contribution in [0.25, 0.3) is 0 Å². The average Bonchev–Trinajstić information content (AvgIpc) is 2.46. The molecule has 0 atom stereocenters. The molecule has 0 saturated heterocycles. The normalized spacial score (nSPS) is 9.68. The maximum atomic E-state index is 8.75. The van der Waals surface area contributed by atoms with Gasteiger partial charge < -0.3 is 10.6 Å². The Morgan fingerprint density at radius 3 is 2.63 bits per heavy atom. The minimum Gasteiger partial charge on any atom is -0.370 e. The molecule has 4 heteroatoms. The summed E-state index contributed by atoms with van der Waals surface area (Å²) in [6, 6.07) is 13.3. The molecule has 0 radical (unpaired) electrons. The van der Waals surface area contributed by atoms with Gasteiger partial charge in [0, 0.05) is 30.2 Å². The standard InChI is InChI=1S/C15H16N4/c1-2-8-17-15-10-14(7-9-18-15)19-13-5-3-12(11-16)4-6-13/h3-7,9-10H,2,8H2,1H3,(H2,17,18,19). The fraction of sp³-hybridized carbons (Fsp3) is 0.200. The van der Waals surface area contributed by atoms with Gasteiger partial charge in [-0.1, -0.05) is 6.92 Å². The van der Waals surface area contributed by atoms with Crippen molar-refractivity contribution in [3.05, 3.63) is 48.2 Å². The van der Waals surface area contributed by atoms with Gasteiger partial charge in [0.2, 0.25) is 0 Å². The van der Waals surface area contributed by atoms with Crippen molar-refractivity contribution in [3.63, 3.8) is 0 Å². The van der Waals surface area contributed by atoms with Crippen LogP contribution in [0, 0.1) is 11.3 Å². The van der Waals surface area contributed by atoms with Crippen molar-refractivity contribution in [1.82, 2.24) is 4.98 Å². The van der Waals surface area contributed by atoms with E-state index in [-0.39, 0.29) is 0 Å². The number of benzene rings is 1. The highest BCUT2D eigenvalue weighted by atomic mass is 15.0. The van der Waals surface area contributed by atoms with E-state index in [4.69, 9.17) is 5.26 Å². The molecular weight excluding hydrogens is 236 g/mol. The molecule has 0 amide bonds. The van der Waals surface area contributed by atoms with E-state index in [9.17, 15) is 0 Å². The number of aromatic nitrogens is 1. The molecule has 1 aromatic carbocycles. The predicted molar refractivity (Wildman–Crippen MR) is 77.5 cm³/mol. The van der Waals surface area contributed by atoms with Gasteiger partial charge in [-0.3, -0.25) is 0 Å². The first kappa shape index (κ1) is 12.9. The molecule has 1 heterocycles. The highest BCUT2D eigenvalue weighted by Gasteiger charge is 1.98. The minimum atomic E-state index is 0.658. The Morgan fingerprint density at radius 2 is 1.95 bits per heavy atom. The Kier molecular flexibility index (Phi) is 4.35. The first-order valence-corrected chi connectivity index (χ1v) is 6.29. The van der Waals surface area contributed by atoms with Gasteiger partial charge in [0.15, 0.2) is 0 Å². The van der Waals surface area contributed by atoms with E-state index < -0.39 is 0 Å². The van der Waals surface area contributed by atoms with E-state index in [2.05, 4.69) is 28.6 Å². The second-order valence-electron chi connectivity index (χ2n) is 4.17. The molecule has 0 saturated carbocycles. The lowest BCUT2D eigenvalue weighted by Crippen LogP contribution is -2.02. The van der Waals surface area contributed by atoms with E-state index in [1.807, 2.05) is 24.3 Å². The van der Waals surface area contributed by atoms with Crippen molar-refractivity contribution in [2.75, 3.05) is 17.2 Å². The lowest BCUT2D eigenvalue weighted by atomic mass is 10.2. The molecule has 96 valence electrons. The second kappa shape index (κ2) is 6.41. The van der Waals surface area contributed by atoms with Crippen LogP contribution in [0.3, 0.4) is 0 Å². The molecule has 0 fully saturated rings. The van der Waals surface area contributed by atoms with E-state index in [0.717, 1.165) is 30.2 Å². The summed E-state index contributed by atoms with van der Waals surface area (Å²) in [5.74, 6) is 0.862. The summed E-state index contributed by atoms with van der Waals surface area (Å²) in [6.07, 6.45) is 2.83. The van der Waals surface area contributed by atoms with Crippen molar-refractivity contribution in [2.45, 2.75) is 13.3 Å². The number of nitrogens with one attached hydrogen (secondary N) is 2. The summed E-state index contributed by atoms with van der Waals surface area (Å²) in [5, 5.41) is 15.3. The van der Waals surface area contributed by atoms with Gasteiger partial charge in [-0.25, -0.2) is 4.98 Å². The molecule has 2 N–H and O–H groups in total. The van der Waals surface area contributed by atoms with Crippen molar-refractivity contribution in [3.8, 4) is 6.07 Å². The van der Waals surface area contributed by atoms with Crippen LogP contribution in [-0.4, -0.2) is 11.5 Å². The van der Waals surface area contributed by atoms with E-state index in [0.29, 0.717) is 5.56 Å². The molecule has 0 bridgehead atoms. The van der Waals surface area contributed by atoms with Crippen molar-refractivity contribution in [1.29, 1.82) is 5.26 Å². The van der Waals surface area contributed by atoms with E-state index in [1.165, 1.54) is 0 Å². The van der Waals surface area contributed by atoms with Crippen LogP contribution in [-0.2, 0) is 0 Å². The third kappa shape index (κ3) is 3.71. The molecule has 19 heavy (non-hydrogen) atoms. The summed E-state index contributed by atoms with van der Waals surface area (Å²) in [7, 11) is 0. The van der Waals surface area contributed by atoms with Gasteiger partial charge in [0.25, 0.3) is 0 Å². The predicted octanol–water partition coefficient (Wildman–Crippen LogP) is 3.52. The van der Waals surface area contributed by atoms with Gasteiger partial charge in [-0.05, 0) is 36.8 Å². The maximum Gasteiger partial charge on any atom is 0.127 e. The topological polar surface area (TPSA) is 60.7 Å². The summed E-state index contributed by atoms with van der Waals surface area (Å²) in [6.45, 7) is 3.03. The fourth-order valence-corrected chi connectivity index (χ4v) is 1.65. The van der Waals surface area contributed by atoms with E-state index in [1.54, 1.807) is 18.3 Å². The lowest BCUT2D eigenvalue weighted by Gasteiger charge is -2.09. The van der Waals surface area contributed by atoms with Crippen molar-refractivity contribution < 1.29 is 0 Å². The largest absolute Gasteiger partial charge is 0.370 e. The number of pyridine rings is 1. The minimum absolute atomic E-state index is 0.658. The Hall–Kier alpha value is -2.54. The van der Waals surface area contributed by atoms with Crippen LogP contribution in [0.2, 0.25) is 0 Å². The Balaban J connectivity index is 2.07. The number of nitriles is 1.